The first-order chi connectivity index (χ1) is 6.31. The van der Waals surface area contributed by atoms with Crippen molar-refractivity contribution in [1.82, 2.24) is 9.97 Å². The molecule has 13 heavy (non-hydrogen) atoms. The first kappa shape index (κ1) is 8.38. The molecule has 1 N–H and O–H groups in total. The molecule has 2 aromatic rings. The molecule has 0 aliphatic rings. The number of nitrogens with zero attached hydrogens (tertiary/aromatic N) is 1. The Morgan fingerprint density at radius 1 is 1.54 bits per heavy atom. The number of H-pyrrole nitrogens is 1. The van der Waals surface area contributed by atoms with Gasteiger partial charge in [-0.1, -0.05) is 6.07 Å². The van der Waals surface area contributed by atoms with Crippen LogP contribution in [0.25, 0.3) is 11.0 Å². The van der Waals surface area contributed by atoms with E-state index in [1.807, 2.05) is 25.1 Å². The van der Waals surface area contributed by atoms with E-state index in [0.29, 0.717) is 11.9 Å². The molecular weight excluding hydrogens is 188 g/mol. The first-order valence-electron chi connectivity index (χ1n) is 4.08. The van der Waals surface area contributed by atoms with Crippen LogP contribution in [0, 0.1) is 0 Å². The van der Waals surface area contributed by atoms with Gasteiger partial charge in [-0.15, -0.1) is 0 Å². The summed E-state index contributed by atoms with van der Waals surface area (Å²) in [5, 5.41) is 0.391. The molecule has 0 saturated heterocycles. The number of ether oxygens (including phenoxy) is 1. The molecule has 4 heteroatoms. The Labute approximate surface area is 80.7 Å². The van der Waals surface area contributed by atoms with Gasteiger partial charge < -0.3 is 9.72 Å². The zero-order valence-electron chi connectivity index (χ0n) is 7.17. The Balaban J connectivity index is 2.60. The lowest BCUT2D eigenvalue weighted by Crippen LogP contribution is -1.91. The molecule has 1 aromatic carbocycles. The summed E-state index contributed by atoms with van der Waals surface area (Å²) >= 11 is 5.73. The van der Waals surface area contributed by atoms with Gasteiger partial charge in [0.2, 0.25) is 5.28 Å². The van der Waals surface area contributed by atoms with Crippen LogP contribution in [0.5, 0.6) is 5.75 Å². The fourth-order valence-corrected chi connectivity index (χ4v) is 1.43. The molecule has 0 saturated carbocycles. The highest BCUT2D eigenvalue weighted by Crippen LogP contribution is 2.24. The Morgan fingerprint density at radius 2 is 2.38 bits per heavy atom. The van der Waals surface area contributed by atoms with E-state index in [2.05, 4.69) is 9.97 Å². The normalized spacial score (nSPS) is 10.6. The third-order valence-corrected chi connectivity index (χ3v) is 1.93. The number of hydrogen-bond donors (Lipinski definition) is 1. The van der Waals surface area contributed by atoms with Crippen LogP contribution in [-0.2, 0) is 0 Å². The average molecular weight is 197 g/mol. The minimum atomic E-state index is 0.391. The first-order valence-corrected chi connectivity index (χ1v) is 4.46. The van der Waals surface area contributed by atoms with Crippen molar-refractivity contribution in [1.29, 1.82) is 0 Å². The summed E-state index contributed by atoms with van der Waals surface area (Å²) in [6.07, 6.45) is 0. The lowest BCUT2D eigenvalue weighted by molar-refractivity contribution is 0.343. The maximum atomic E-state index is 5.73. The second-order valence-corrected chi connectivity index (χ2v) is 2.97. The molecule has 0 fully saturated rings. The number of imidazole rings is 1. The van der Waals surface area contributed by atoms with Gasteiger partial charge in [-0.3, -0.25) is 0 Å². The molecule has 0 radical (unpaired) electrons. The second-order valence-electron chi connectivity index (χ2n) is 2.61. The molecule has 0 aliphatic carbocycles. The quantitative estimate of drug-likeness (QED) is 0.802. The van der Waals surface area contributed by atoms with Crippen LogP contribution in [0.15, 0.2) is 18.2 Å². The fourth-order valence-electron chi connectivity index (χ4n) is 1.25. The Bertz CT molecular complexity index is 424. The van der Waals surface area contributed by atoms with E-state index in [1.54, 1.807) is 0 Å². The molecule has 3 nitrogen and oxygen atoms in total. The van der Waals surface area contributed by atoms with E-state index >= 15 is 0 Å². The van der Waals surface area contributed by atoms with E-state index in [-0.39, 0.29) is 0 Å². The number of rotatable bonds is 2. The SMILES string of the molecule is CCOc1cccc2[nH]c(Cl)nc12. The van der Waals surface area contributed by atoms with Gasteiger partial charge in [-0.05, 0) is 30.7 Å². The number of halogens is 1. The number of nitrogens with one attached hydrogen (secondary N) is 1. The Hall–Kier alpha value is -1.22. The highest BCUT2D eigenvalue weighted by molar-refractivity contribution is 6.29. The number of aromatic amines is 1. The van der Waals surface area contributed by atoms with Crippen LogP contribution >= 0.6 is 11.6 Å². The van der Waals surface area contributed by atoms with Crippen molar-refractivity contribution in [2.45, 2.75) is 6.92 Å². The van der Waals surface area contributed by atoms with Crippen molar-refractivity contribution in [3.8, 4) is 5.75 Å². The zero-order chi connectivity index (χ0) is 9.26. The average Bonchev–Trinajstić information content (AvgIpc) is 2.47. The van der Waals surface area contributed by atoms with Gasteiger partial charge in [0.1, 0.15) is 11.3 Å². The molecule has 0 atom stereocenters. The lowest BCUT2D eigenvalue weighted by atomic mass is 10.3. The van der Waals surface area contributed by atoms with Gasteiger partial charge in [0.15, 0.2) is 0 Å². The van der Waals surface area contributed by atoms with Crippen LogP contribution in [0.4, 0.5) is 0 Å². The fraction of sp³-hybridized carbons (Fsp3) is 0.222. The van der Waals surface area contributed by atoms with Gasteiger partial charge in [0.25, 0.3) is 0 Å². The molecule has 0 unspecified atom stereocenters. The molecule has 68 valence electrons. The summed E-state index contributed by atoms with van der Waals surface area (Å²) in [6.45, 7) is 2.57. The standard InChI is InChI=1S/C9H9ClN2O/c1-2-13-7-5-3-4-6-8(7)12-9(10)11-6/h3-5H,2H2,1H3,(H,11,12). The molecule has 0 amide bonds. The van der Waals surface area contributed by atoms with Crippen LogP contribution in [-0.4, -0.2) is 16.6 Å². The van der Waals surface area contributed by atoms with Crippen LogP contribution in [0.1, 0.15) is 6.92 Å². The van der Waals surface area contributed by atoms with Crippen molar-refractivity contribution in [2.24, 2.45) is 0 Å². The molecule has 0 bridgehead atoms. The van der Waals surface area contributed by atoms with Crippen LogP contribution in [0.3, 0.4) is 0 Å². The zero-order valence-corrected chi connectivity index (χ0v) is 7.93. The van der Waals surface area contributed by atoms with E-state index in [0.717, 1.165) is 16.8 Å². The van der Waals surface area contributed by atoms with E-state index in [9.17, 15) is 0 Å². The summed E-state index contributed by atoms with van der Waals surface area (Å²) in [6, 6.07) is 5.70. The van der Waals surface area contributed by atoms with Crippen molar-refractivity contribution in [2.75, 3.05) is 6.61 Å². The van der Waals surface area contributed by atoms with E-state index < -0.39 is 0 Å². The predicted octanol–water partition coefficient (Wildman–Crippen LogP) is 2.62. The van der Waals surface area contributed by atoms with Crippen molar-refractivity contribution in [3.05, 3.63) is 23.5 Å². The van der Waals surface area contributed by atoms with Crippen molar-refractivity contribution >= 4 is 22.6 Å². The third kappa shape index (κ3) is 1.47. The summed E-state index contributed by atoms with van der Waals surface area (Å²) < 4.78 is 5.39. The second kappa shape index (κ2) is 3.26. The number of para-hydroxylation sites is 1. The van der Waals surface area contributed by atoms with Gasteiger partial charge in [-0.25, -0.2) is 4.98 Å². The summed E-state index contributed by atoms with van der Waals surface area (Å²) in [4.78, 5) is 7.05. The van der Waals surface area contributed by atoms with Crippen molar-refractivity contribution in [3.63, 3.8) is 0 Å². The van der Waals surface area contributed by atoms with Gasteiger partial charge in [0.05, 0.1) is 12.1 Å². The predicted molar refractivity (Wildman–Crippen MR) is 52.3 cm³/mol. The maximum Gasteiger partial charge on any atom is 0.201 e. The highest BCUT2D eigenvalue weighted by atomic mass is 35.5. The summed E-state index contributed by atoms with van der Waals surface area (Å²) in [7, 11) is 0. The minimum absolute atomic E-state index is 0.391. The molecule has 1 heterocycles. The Kier molecular flexibility index (Phi) is 2.10. The highest BCUT2D eigenvalue weighted by Gasteiger charge is 2.05. The number of benzene rings is 1. The summed E-state index contributed by atoms with van der Waals surface area (Å²) in [5.74, 6) is 0.767. The van der Waals surface area contributed by atoms with Gasteiger partial charge in [-0.2, -0.15) is 0 Å². The van der Waals surface area contributed by atoms with Crippen molar-refractivity contribution < 1.29 is 4.74 Å². The third-order valence-electron chi connectivity index (χ3n) is 1.75. The molecule has 0 aliphatic heterocycles. The lowest BCUT2D eigenvalue weighted by Gasteiger charge is -2.01. The maximum absolute atomic E-state index is 5.73. The van der Waals surface area contributed by atoms with Crippen LogP contribution in [0.2, 0.25) is 5.28 Å². The van der Waals surface area contributed by atoms with Crippen LogP contribution < -0.4 is 4.74 Å². The number of aromatic nitrogens is 2. The minimum Gasteiger partial charge on any atom is -0.492 e. The topological polar surface area (TPSA) is 37.9 Å². The monoisotopic (exact) mass is 196 g/mol. The molecular formula is C9H9ClN2O. The van der Waals surface area contributed by atoms with Gasteiger partial charge in [0, 0.05) is 0 Å². The molecule has 0 spiro atoms. The number of hydrogen-bond acceptors (Lipinski definition) is 2. The summed E-state index contributed by atoms with van der Waals surface area (Å²) in [5.41, 5.74) is 1.69. The molecule has 1 aromatic heterocycles. The smallest absolute Gasteiger partial charge is 0.201 e. The molecule has 2 rings (SSSR count). The number of fused-ring (bicyclic) bond motifs is 1. The Morgan fingerprint density at radius 3 is 3.15 bits per heavy atom. The van der Waals surface area contributed by atoms with E-state index in [1.165, 1.54) is 0 Å². The largest absolute Gasteiger partial charge is 0.492 e. The van der Waals surface area contributed by atoms with E-state index in [4.69, 9.17) is 16.3 Å². The van der Waals surface area contributed by atoms with Gasteiger partial charge >= 0.3 is 0 Å².